The monoisotopic (exact) mass is 168 g/mol. The summed E-state index contributed by atoms with van der Waals surface area (Å²) in [5, 5.41) is 0. The van der Waals surface area contributed by atoms with Crippen molar-refractivity contribution in [3.05, 3.63) is 12.4 Å². The van der Waals surface area contributed by atoms with Crippen LogP contribution in [0.25, 0.3) is 0 Å². The van der Waals surface area contributed by atoms with Crippen molar-refractivity contribution in [3.8, 4) is 0 Å². The molecule has 1 aliphatic heterocycles. The minimum atomic E-state index is 0. The fourth-order valence-corrected chi connectivity index (χ4v) is 0.822. The van der Waals surface area contributed by atoms with E-state index in [2.05, 4.69) is 4.90 Å². The fraction of sp³-hybridized carbons (Fsp3) is 0.600. The molecule has 0 aromatic carbocycles. The number of hydrogen-bond acceptors (Lipinski definition) is 2. The third-order valence-corrected chi connectivity index (χ3v) is 1.40. The molecule has 0 saturated heterocycles. The van der Waals surface area contributed by atoms with Crippen LogP contribution in [0.5, 0.6) is 0 Å². The van der Waals surface area contributed by atoms with Gasteiger partial charge in [0.1, 0.15) is 0 Å². The summed E-state index contributed by atoms with van der Waals surface area (Å²) < 4.78 is 0. The Kier molecular flexibility index (Phi) is 3.82. The van der Waals surface area contributed by atoms with E-state index in [4.69, 9.17) is 11.6 Å². The topological polar surface area (TPSA) is 6.48 Å². The van der Waals surface area contributed by atoms with E-state index in [0.717, 1.165) is 6.67 Å². The van der Waals surface area contributed by atoms with Crippen molar-refractivity contribution < 1.29 is 0 Å². The number of rotatable bonds is 1. The summed E-state index contributed by atoms with van der Waals surface area (Å²) >= 11 is 5.52. The summed E-state index contributed by atoms with van der Waals surface area (Å²) in [4.78, 5) is 4.09. The van der Waals surface area contributed by atoms with Gasteiger partial charge < -0.3 is 9.80 Å². The van der Waals surface area contributed by atoms with E-state index in [-0.39, 0.29) is 12.4 Å². The van der Waals surface area contributed by atoms with E-state index in [1.54, 1.807) is 0 Å². The predicted octanol–water partition coefficient (Wildman–Crippen LogP) is 1.28. The van der Waals surface area contributed by atoms with E-state index in [1.165, 1.54) is 0 Å². The number of halogens is 2. The summed E-state index contributed by atoms with van der Waals surface area (Å²) in [6.45, 7) is 0.920. The second-order valence-corrected chi connectivity index (χ2v) is 2.14. The molecule has 0 bridgehead atoms. The van der Waals surface area contributed by atoms with Crippen molar-refractivity contribution in [2.24, 2.45) is 0 Å². The predicted molar refractivity (Wildman–Crippen MR) is 41.6 cm³/mol. The van der Waals surface area contributed by atoms with Gasteiger partial charge in [-0.3, -0.25) is 0 Å². The molecule has 1 rings (SSSR count). The Labute approximate surface area is 66.5 Å². The largest absolute Gasteiger partial charge is 0.362 e. The maximum Gasteiger partial charge on any atom is 0.0941 e. The lowest BCUT2D eigenvalue weighted by Gasteiger charge is -2.13. The van der Waals surface area contributed by atoms with Crippen LogP contribution in [0.1, 0.15) is 0 Å². The number of nitrogens with zero attached hydrogens (tertiary/aromatic N) is 2. The Bertz CT molecular complexity index is 105. The molecule has 9 heavy (non-hydrogen) atoms. The molecular weight excluding hydrogens is 159 g/mol. The van der Waals surface area contributed by atoms with E-state index < -0.39 is 0 Å². The summed E-state index contributed by atoms with van der Waals surface area (Å²) in [6, 6.07) is 0.584. The van der Waals surface area contributed by atoms with Crippen molar-refractivity contribution in [1.29, 1.82) is 0 Å². The van der Waals surface area contributed by atoms with Crippen LogP contribution in [-0.2, 0) is 0 Å². The molecule has 0 spiro atoms. The lowest BCUT2D eigenvalue weighted by atomic mass is 10.9. The molecule has 0 aliphatic carbocycles. The summed E-state index contributed by atoms with van der Waals surface area (Å²) in [5.74, 6) is 0. The van der Waals surface area contributed by atoms with E-state index in [1.807, 2.05) is 24.3 Å². The zero-order valence-electron chi connectivity index (χ0n) is 5.25. The first-order chi connectivity index (χ1) is 3.83. The van der Waals surface area contributed by atoms with Crippen LogP contribution in [0.4, 0.5) is 0 Å². The highest BCUT2D eigenvalue weighted by Crippen LogP contribution is 2.02. The van der Waals surface area contributed by atoms with Gasteiger partial charge in [-0.2, -0.15) is 0 Å². The lowest BCUT2D eigenvalue weighted by Crippen LogP contribution is -2.20. The van der Waals surface area contributed by atoms with Crippen molar-refractivity contribution >= 4 is 24.0 Å². The van der Waals surface area contributed by atoms with Gasteiger partial charge in [0.25, 0.3) is 0 Å². The molecule has 0 N–H and O–H groups in total. The molecule has 0 unspecified atom stereocenters. The molecule has 0 fully saturated rings. The van der Waals surface area contributed by atoms with Crippen LogP contribution >= 0.6 is 24.0 Å². The Hall–Kier alpha value is -0.0800. The Balaban J connectivity index is 0.000000640. The summed E-state index contributed by atoms with van der Waals surface area (Å²) in [6.07, 6.45) is 3.98. The third-order valence-electron chi connectivity index (χ3n) is 1.09. The van der Waals surface area contributed by atoms with E-state index in [0.29, 0.717) is 6.00 Å². The van der Waals surface area contributed by atoms with Gasteiger partial charge in [-0.1, -0.05) is 0 Å². The minimum Gasteiger partial charge on any atom is -0.362 e. The van der Waals surface area contributed by atoms with Gasteiger partial charge in [-0.15, -0.1) is 24.0 Å². The molecule has 1 heterocycles. The maximum atomic E-state index is 5.52. The van der Waals surface area contributed by atoms with Gasteiger partial charge in [0.05, 0.1) is 12.7 Å². The molecule has 0 radical (unpaired) electrons. The second kappa shape index (κ2) is 3.85. The Morgan fingerprint density at radius 1 is 1.56 bits per heavy atom. The molecule has 0 atom stereocenters. The van der Waals surface area contributed by atoms with Crippen molar-refractivity contribution in [1.82, 2.24) is 9.80 Å². The third kappa shape index (κ3) is 2.33. The molecule has 1 aliphatic rings. The van der Waals surface area contributed by atoms with Gasteiger partial charge in [0.15, 0.2) is 0 Å². The first-order valence-corrected chi connectivity index (χ1v) is 3.05. The maximum absolute atomic E-state index is 5.52. The normalized spacial score (nSPS) is 16.2. The highest BCUT2D eigenvalue weighted by atomic mass is 35.5. The van der Waals surface area contributed by atoms with E-state index >= 15 is 0 Å². The van der Waals surface area contributed by atoms with Crippen molar-refractivity contribution in [2.45, 2.75) is 0 Å². The van der Waals surface area contributed by atoms with Crippen molar-refractivity contribution in [3.63, 3.8) is 0 Å². The first-order valence-electron chi connectivity index (χ1n) is 2.51. The zero-order valence-corrected chi connectivity index (χ0v) is 6.82. The molecule has 2 nitrogen and oxygen atoms in total. The van der Waals surface area contributed by atoms with E-state index in [9.17, 15) is 0 Å². The number of alkyl halides is 1. The molecule has 54 valence electrons. The SMILES string of the molecule is CN1C=CN(CCl)C1.Cl. The number of hydrogen-bond donors (Lipinski definition) is 0. The van der Waals surface area contributed by atoms with Gasteiger partial charge in [-0.25, -0.2) is 0 Å². The van der Waals surface area contributed by atoms with Crippen LogP contribution in [0.2, 0.25) is 0 Å². The van der Waals surface area contributed by atoms with Gasteiger partial charge in [-0.05, 0) is 0 Å². The Morgan fingerprint density at radius 3 is 2.44 bits per heavy atom. The fourth-order valence-electron chi connectivity index (χ4n) is 0.667. The summed E-state index contributed by atoms with van der Waals surface area (Å²) in [7, 11) is 2.02. The highest BCUT2D eigenvalue weighted by Gasteiger charge is 2.04. The quantitative estimate of drug-likeness (QED) is 0.431. The molecular formula is C5H10Cl2N2. The van der Waals surface area contributed by atoms with Gasteiger partial charge >= 0.3 is 0 Å². The van der Waals surface area contributed by atoms with Crippen LogP contribution in [0.15, 0.2) is 12.4 Å². The molecule has 4 heteroatoms. The molecule has 0 amide bonds. The van der Waals surface area contributed by atoms with Crippen LogP contribution < -0.4 is 0 Å². The molecule has 0 saturated carbocycles. The minimum absolute atomic E-state index is 0. The van der Waals surface area contributed by atoms with Crippen LogP contribution in [-0.4, -0.2) is 29.5 Å². The van der Waals surface area contributed by atoms with Gasteiger partial charge in [0, 0.05) is 19.4 Å². The van der Waals surface area contributed by atoms with Gasteiger partial charge in [0.2, 0.25) is 0 Å². The smallest absolute Gasteiger partial charge is 0.0941 e. The standard InChI is InChI=1S/C5H9ClN2.ClH/c1-7-2-3-8(4-6)5-7;/h2-3H,4-5H2,1H3;1H. The van der Waals surface area contributed by atoms with Crippen LogP contribution in [0, 0.1) is 0 Å². The zero-order chi connectivity index (χ0) is 5.98. The lowest BCUT2D eigenvalue weighted by molar-refractivity contribution is 0.329. The Morgan fingerprint density at radius 2 is 2.22 bits per heavy atom. The molecule has 0 aromatic rings. The first kappa shape index (κ1) is 8.92. The van der Waals surface area contributed by atoms with Crippen LogP contribution in [0.3, 0.4) is 0 Å². The second-order valence-electron chi connectivity index (χ2n) is 1.90. The average Bonchev–Trinajstić information content (AvgIpc) is 2.14. The molecule has 0 aromatic heterocycles. The van der Waals surface area contributed by atoms with Crippen molar-refractivity contribution in [2.75, 3.05) is 19.7 Å². The highest BCUT2D eigenvalue weighted by molar-refractivity contribution is 6.17. The summed E-state index contributed by atoms with van der Waals surface area (Å²) in [5.41, 5.74) is 0. The average molecular weight is 169 g/mol.